The molecule has 33 heavy (non-hydrogen) atoms. The minimum Gasteiger partial charge on any atom is -0.351 e. The average Bonchev–Trinajstić information content (AvgIpc) is 3.49. The molecule has 172 valence electrons. The van der Waals surface area contributed by atoms with Crippen LogP contribution in [0.4, 0.5) is 10.1 Å². The molecular weight excluding hydrogens is 435 g/mol. The summed E-state index contributed by atoms with van der Waals surface area (Å²) in [5.74, 6) is -1.07. The molecule has 1 N–H and O–H groups in total. The lowest BCUT2D eigenvalue weighted by Crippen LogP contribution is -2.47. The Morgan fingerprint density at radius 1 is 1.09 bits per heavy atom. The Hall–Kier alpha value is -2.99. The normalized spacial score (nSPS) is 14.8. The number of carbonyl (C=O) groups is 2. The van der Waals surface area contributed by atoms with E-state index >= 15 is 4.39 Å². The van der Waals surface area contributed by atoms with Crippen molar-refractivity contribution in [2.75, 3.05) is 4.90 Å². The Morgan fingerprint density at radius 2 is 1.85 bits per heavy atom. The molecule has 1 unspecified atom stereocenters. The number of nitrogens with zero attached hydrogens (tertiary/aromatic N) is 1. The maximum atomic E-state index is 15.1. The van der Waals surface area contributed by atoms with Gasteiger partial charge in [-0.1, -0.05) is 49.2 Å². The van der Waals surface area contributed by atoms with E-state index in [1.54, 1.807) is 18.2 Å². The largest absolute Gasteiger partial charge is 0.351 e. The molecule has 0 bridgehead atoms. The SMILES string of the molecule is Cc1ccc(C)c(N(C(=O)Cc2cccs2)C(C(=O)NC2CCCC2)c2ccccc2F)c1. The van der Waals surface area contributed by atoms with E-state index in [2.05, 4.69) is 5.32 Å². The lowest BCUT2D eigenvalue weighted by molar-refractivity contribution is -0.127. The maximum Gasteiger partial charge on any atom is 0.248 e. The van der Waals surface area contributed by atoms with Crippen molar-refractivity contribution in [1.29, 1.82) is 0 Å². The highest BCUT2D eigenvalue weighted by atomic mass is 32.1. The lowest BCUT2D eigenvalue weighted by Gasteiger charge is -2.33. The molecule has 0 aliphatic heterocycles. The molecule has 2 amide bonds. The van der Waals surface area contributed by atoms with Crippen LogP contribution in [0, 0.1) is 19.7 Å². The molecule has 4 rings (SSSR count). The summed E-state index contributed by atoms with van der Waals surface area (Å²) in [5.41, 5.74) is 2.66. The zero-order valence-electron chi connectivity index (χ0n) is 19.0. The van der Waals surface area contributed by atoms with Gasteiger partial charge in [-0.15, -0.1) is 11.3 Å². The number of hydrogen-bond donors (Lipinski definition) is 1. The number of anilines is 1. The molecule has 1 fully saturated rings. The molecule has 3 aromatic rings. The van der Waals surface area contributed by atoms with Crippen molar-refractivity contribution in [2.45, 2.75) is 58.0 Å². The molecule has 1 aliphatic rings. The number of amides is 2. The smallest absolute Gasteiger partial charge is 0.248 e. The predicted molar refractivity (Wildman–Crippen MR) is 131 cm³/mol. The molecule has 1 aliphatic carbocycles. The van der Waals surface area contributed by atoms with Gasteiger partial charge in [0.15, 0.2) is 0 Å². The maximum absolute atomic E-state index is 15.1. The second-order valence-electron chi connectivity index (χ2n) is 8.72. The number of hydrogen-bond acceptors (Lipinski definition) is 3. The summed E-state index contributed by atoms with van der Waals surface area (Å²) in [6, 6.07) is 14.8. The van der Waals surface area contributed by atoms with Gasteiger partial charge in [-0.05, 0) is 61.4 Å². The standard InChI is InChI=1S/C27H29FN2O2S/c1-18-13-14-19(2)24(16-18)30(25(31)17-21-10-7-15-33-21)26(22-11-5-6-12-23(22)28)27(32)29-20-8-3-4-9-20/h5-7,10-16,20,26H,3-4,8-9,17H2,1-2H3,(H,29,32). The van der Waals surface area contributed by atoms with Crippen LogP contribution in [0.3, 0.4) is 0 Å². The topological polar surface area (TPSA) is 49.4 Å². The van der Waals surface area contributed by atoms with Gasteiger partial charge in [-0.2, -0.15) is 0 Å². The fourth-order valence-corrected chi connectivity index (χ4v) is 5.18. The van der Waals surface area contributed by atoms with Crippen LogP contribution in [0.25, 0.3) is 0 Å². The van der Waals surface area contributed by atoms with Gasteiger partial charge in [0.25, 0.3) is 0 Å². The van der Waals surface area contributed by atoms with Gasteiger partial charge in [-0.25, -0.2) is 4.39 Å². The summed E-state index contributed by atoms with van der Waals surface area (Å²) in [4.78, 5) is 29.9. The predicted octanol–water partition coefficient (Wildman–Crippen LogP) is 5.88. The minimum atomic E-state index is -1.10. The van der Waals surface area contributed by atoms with Crippen LogP contribution in [0.5, 0.6) is 0 Å². The van der Waals surface area contributed by atoms with Gasteiger partial charge in [0.2, 0.25) is 11.8 Å². The van der Waals surface area contributed by atoms with Crippen molar-refractivity contribution in [3.8, 4) is 0 Å². The van der Waals surface area contributed by atoms with Gasteiger partial charge in [-0.3, -0.25) is 14.5 Å². The van der Waals surface area contributed by atoms with E-state index in [0.717, 1.165) is 41.7 Å². The lowest BCUT2D eigenvalue weighted by atomic mass is 9.99. The number of aryl methyl sites for hydroxylation is 2. The zero-order chi connectivity index (χ0) is 23.4. The molecule has 1 saturated carbocycles. The molecule has 1 heterocycles. The van der Waals surface area contributed by atoms with E-state index in [1.807, 2.05) is 49.6 Å². The first-order valence-corrected chi connectivity index (χ1v) is 12.3. The molecule has 0 saturated heterocycles. The Labute approximate surface area is 198 Å². The highest BCUT2D eigenvalue weighted by molar-refractivity contribution is 7.10. The van der Waals surface area contributed by atoms with Crippen molar-refractivity contribution in [1.82, 2.24) is 5.32 Å². The Balaban J connectivity index is 1.82. The minimum absolute atomic E-state index is 0.0552. The summed E-state index contributed by atoms with van der Waals surface area (Å²) in [6.07, 6.45) is 4.08. The highest BCUT2D eigenvalue weighted by Gasteiger charge is 2.36. The fraction of sp³-hybridized carbons (Fsp3) is 0.333. The Morgan fingerprint density at radius 3 is 2.55 bits per heavy atom. The van der Waals surface area contributed by atoms with E-state index in [1.165, 1.54) is 22.3 Å². The summed E-state index contributed by atoms with van der Waals surface area (Å²) >= 11 is 1.49. The van der Waals surface area contributed by atoms with E-state index in [-0.39, 0.29) is 29.8 Å². The average molecular weight is 465 g/mol. The van der Waals surface area contributed by atoms with E-state index in [9.17, 15) is 9.59 Å². The molecule has 6 heteroatoms. The third-order valence-corrected chi connectivity index (χ3v) is 7.08. The first-order chi connectivity index (χ1) is 15.9. The number of carbonyl (C=O) groups excluding carboxylic acids is 2. The van der Waals surface area contributed by atoms with Crippen LogP contribution < -0.4 is 10.2 Å². The summed E-state index contributed by atoms with van der Waals surface area (Å²) in [5, 5.41) is 5.03. The molecule has 1 aromatic heterocycles. The van der Waals surface area contributed by atoms with Crippen LogP contribution in [0.1, 0.15) is 53.3 Å². The molecule has 1 atom stereocenters. The Kier molecular flexibility index (Phi) is 7.23. The monoisotopic (exact) mass is 464 g/mol. The first kappa shape index (κ1) is 23.2. The molecule has 0 radical (unpaired) electrons. The summed E-state index contributed by atoms with van der Waals surface area (Å²) < 4.78 is 15.1. The van der Waals surface area contributed by atoms with Crippen LogP contribution >= 0.6 is 11.3 Å². The molecule has 0 spiro atoms. The summed E-state index contributed by atoms with van der Waals surface area (Å²) in [6.45, 7) is 3.86. The third kappa shape index (κ3) is 5.33. The van der Waals surface area contributed by atoms with Gasteiger partial charge in [0, 0.05) is 22.2 Å². The molecule has 2 aromatic carbocycles. The van der Waals surface area contributed by atoms with Crippen molar-refractivity contribution in [3.63, 3.8) is 0 Å². The zero-order valence-corrected chi connectivity index (χ0v) is 19.8. The van der Waals surface area contributed by atoms with E-state index in [0.29, 0.717) is 5.69 Å². The second kappa shape index (κ2) is 10.3. The van der Waals surface area contributed by atoms with Gasteiger partial charge < -0.3 is 5.32 Å². The number of rotatable bonds is 7. The number of nitrogens with one attached hydrogen (secondary N) is 1. The second-order valence-corrected chi connectivity index (χ2v) is 9.76. The van der Waals surface area contributed by atoms with Crippen molar-refractivity contribution >= 4 is 28.8 Å². The summed E-state index contributed by atoms with van der Waals surface area (Å²) in [7, 11) is 0. The third-order valence-electron chi connectivity index (χ3n) is 6.21. The van der Waals surface area contributed by atoms with Crippen LogP contribution in [-0.2, 0) is 16.0 Å². The number of benzene rings is 2. The van der Waals surface area contributed by atoms with Crippen LogP contribution in [0.2, 0.25) is 0 Å². The quantitative estimate of drug-likeness (QED) is 0.475. The van der Waals surface area contributed by atoms with Crippen LogP contribution in [0.15, 0.2) is 60.0 Å². The van der Waals surface area contributed by atoms with Crippen molar-refractivity contribution in [3.05, 3.63) is 87.4 Å². The van der Waals surface area contributed by atoms with Gasteiger partial charge in [0.05, 0.1) is 6.42 Å². The van der Waals surface area contributed by atoms with Crippen LogP contribution in [-0.4, -0.2) is 17.9 Å². The fourth-order valence-electron chi connectivity index (χ4n) is 4.49. The van der Waals surface area contributed by atoms with Crippen molar-refractivity contribution < 1.29 is 14.0 Å². The molecular formula is C27H29FN2O2S. The van der Waals surface area contributed by atoms with E-state index < -0.39 is 11.9 Å². The highest BCUT2D eigenvalue weighted by Crippen LogP contribution is 2.34. The van der Waals surface area contributed by atoms with E-state index in [4.69, 9.17) is 0 Å². The first-order valence-electron chi connectivity index (χ1n) is 11.4. The van der Waals surface area contributed by atoms with Crippen molar-refractivity contribution in [2.24, 2.45) is 0 Å². The Bertz CT molecular complexity index is 1120. The number of halogens is 1. The van der Waals surface area contributed by atoms with Gasteiger partial charge >= 0.3 is 0 Å². The molecule has 4 nitrogen and oxygen atoms in total. The van der Waals surface area contributed by atoms with Gasteiger partial charge in [0.1, 0.15) is 11.9 Å². The number of thiophene rings is 1.